The van der Waals surface area contributed by atoms with Crippen LogP contribution in [0.1, 0.15) is 22.7 Å². The number of nitrogens with two attached hydrogens (primary N) is 1. The average molecular weight is 257 g/mol. The third-order valence-corrected chi connectivity index (χ3v) is 4.05. The van der Waals surface area contributed by atoms with Crippen LogP contribution in [0.25, 0.3) is 0 Å². The van der Waals surface area contributed by atoms with E-state index in [1.807, 2.05) is 17.8 Å². The van der Waals surface area contributed by atoms with Crippen LogP contribution in [0.4, 0.5) is 0 Å². The molecule has 2 aromatic rings. The van der Waals surface area contributed by atoms with E-state index in [0.717, 1.165) is 11.5 Å². The zero-order valence-corrected chi connectivity index (χ0v) is 11.5. The number of hydrogen-bond donors (Lipinski definition) is 1. The van der Waals surface area contributed by atoms with Gasteiger partial charge in [0.1, 0.15) is 0 Å². The van der Waals surface area contributed by atoms with Crippen molar-refractivity contribution in [3.05, 3.63) is 71.3 Å². The van der Waals surface area contributed by atoms with E-state index in [2.05, 4.69) is 55.5 Å². The van der Waals surface area contributed by atoms with Gasteiger partial charge < -0.3 is 5.73 Å². The quantitative estimate of drug-likeness (QED) is 0.878. The third-order valence-electron chi connectivity index (χ3n) is 2.91. The first-order valence-corrected chi connectivity index (χ1v) is 7.35. The summed E-state index contributed by atoms with van der Waals surface area (Å²) >= 11 is 1.89. The largest absolute Gasteiger partial charge is 0.323 e. The summed E-state index contributed by atoms with van der Waals surface area (Å²) in [4.78, 5) is 0. The molecule has 1 atom stereocenters. The molecule has 0 aromatic heterocycles. The van der Waals surface area contributed by atoms with Gasteiger partial charge in [-0.1, -0.05) is 60.2 Å². The lowest BCUT2D eigenvalue weighted by Crippen LogP contribution is -2.12. The Morgan fingerprint density at radius 2 is 1.67 bits per heavy atom. The Labute approximate surface area is 113 Å². The maximum absolute atomic E-state index is 6.19. The smallest absolute Gasteiger partial charge is 0.0386 e. The van der Waals surface area contributed by atoms with Crippen LogP contribution < -0.4 is 5.73 Å². The standard InChI is InChI=1S/C16H19NS/c1-13-7-9-15(10-8-13)16(17)12-18-11-14-5-3-2-4-6-14/h2-10,16H,11-12,17H2,1H3. The molecular formula is C16H19NS. The highest BCUT2D eigenvalue weighted by Gasteiger charge is 2.05. The van der Waals surface area contributed by atoms with E-state index in [9.17, 15) is 0 Å². The van der Waals surface area contributed by atoms with Crippen LogP contribution in [0.2, 0.25) is 0 Å². The molecule has 2 aromatic carbocycles. The molecule has 0 radical (unpaired) electrons. The molecule has 0 saturated heterocycles. The highest BCUT2D eigenvalue weighted by Crippen LogP contribution is 2.19. The average Bonchev–Trinajstić information content (AvgIpc) is 2.40. The minimum atomic E-state index is 0.124. The molecular weight excluding hydrogens is 238 g/mol. The number of hydrogen-bond acceptors (Lipinski definition) is 2. The molecule has 0 aliphatic carbocycles. The van der Waals surface area contributed by atoms with Crippen LogP contribution in [0.5, 0.6) is 0 Å². The van der Waals surface area contributed by atoms with Gasteiger partial charge in [0.25, 0.3) is 0 Å². The second-order valence-corrected chi connectivity index (χ2v) is 5.55. The number of benzene rings is 2. The normalized spacial score (nSPS) is 12.3. The van der Waals surface area contributed by atoms with Crippen LogP contribution >= 0.6 is 11.8 Å². The summed E-state index contributed by atoms with van der Waals surface area (Å²) in [6.45, 7) is 2.10. The Morgan fingerprint density at radius 3 is 2.33 bits per heavy atom. The van der Waals surface area contributed by atoms with Crippen molar-refractivity contribution in [1.29, 1.82) is 0 Å². The second kappa shape index (κ2) is 6.62. The lowest BCUT2D eigenvalue weighted by Gasteiger charge is -2.12. The van der Waals surface area contributed by atoms with Crippen molar-refractivity contribution in [1.82, 2.24) is 0 Å². The lowest BCUT2D eigenvalue weighted by atomic mass is 10.1. The SMILES string of the molecule is Cc1ccc(C(N)CSCc2ccccc2)cc1. The van der Waals surface area contributed by atoms with Crippen LogP contribution in [-0.4, -0.2) is 5.75 Å². The summed E-state index contributed by atoms with van der Waals surface area (Å²) < 4.78 is 0. The van der Waals surface area contributed by atoms with Gasteiger partial charge in [-0.05, 0) is 18.1 Å². The Hall–Kier alpha value is -1.25. The fraction of sp³-hybridized carbons (Fsp3) is 0.250. The zero-order chi connectivity index (χ0) is 12.8. The van der Waals surface area contributed by atoms with Crippen molar-refractivity contribution in [2.45, 2.75) is 18.7 Å². The highest BCUT2D eigenvalue weighted by atomic mass is 32.2. The molecule has 2 N–H and O–H groups in total. The Kier molecular flexibility index (Phi) is 4.85. The fourth-order valence-corrected chi connectivity index (χ4v) is 2.78. The molecule has 0 saturated carbocycles. The van der Waals surface area contributed by atoms with E-state index >= 15 is 0 Å². The van der Waals surface area contributed by atoms with Gasteiger partial charge >= 0.3 is 0 Å². The maximum atomic E-state index is 6.19. The molecule has 18 heavy (non-hydrogen) atoms. The van der Waals surface area contributed by atoms with E-state index in [1.54, 1.807) is 0 Å². The summed E-state index contributed by atoms with van der Waals surface area (Å²) in [5, 5.41) is 0. The highest BCUT2D eigenvalue weighted by molar-refractivity contribution is 7.98. The molecule has 1 nitrogen and oxygen atoms in total. The number of rotatable bonds is 5. The van der Waals surface area contributed by atoms with Gasteiger partial charge in [-0.15, -0.1) is 0 Å². The number of aryl methyl sites for hydroxylation is 1. The first kappa shape index (κ1) is 13.2. The summed E-state index contributed by atoms with van der Waals surface area (Å²) in [6, 6.07) is 19.1. The van der Waals surface area contributed by atoms with Crippen molar-refractivity contribution in [2.24, 2.45) is 5.73 Å². The summed E-state index contributed by atoms with van der Waals surface area (Å²) in [6.07, 6.45) is 0. The topological polar surface area (TPSA) is 26.0 Å². The van der Waals surface area contributed by atoms with Crippen molar-refractivity contribution in [2.75, 3.05) is 5.75 Å². The van der Waals surface area contributed by atoms with Crippen molar-refractivity contribution in [3.8, 4) is 0 Å². The van der Waals surface area contributed by atoms with Gasteiger partial charge in [0.05, 0.1) is 0 Å². The molecule has 0 heterocycles. The van der Waals surface area contributed by atoms with Gasteiger partial charge in [0, 0.05) is 17.5 Å². The minimum Gasteiger partial charge on any atom is -0.323 e. The monoisotopic (exact) mass is 257 g/mol. The molecule has 1 unspecified atom stereocenters. The van der Waals surface area contributed by atoms with Gasteiger partial charge in [-0.2, -0.15) is 11.8 Å². The van der Waals surface area contributed by atoms with Crippen molar-refractivity contribution >= 4 is 11.8 Å². The van der Waals surface area contributed by atoms with Gasteiger partial charge in [-0.25, -0.2) is 0 Å². The zero-order valence-electron chi connectivity index (χ0n) is 10.7. The summed E-state index contributed by atoms with van der Waals surface area (Å²) in [7, 11) is 0. The van der Waals surface area contributed by atoms with Crippen LogP contribution in [0.3, 0.4) is 0 Å². The summed E-state index contributed by atoms with van der Waals surface area (Å²) in [5.41, 5.74) is 10.1. The predicted molar refractivity (Wildman–Crippen MR) is 80.7 cm³/mol. The van der Waals surface area contributed by atoms with E-state index < -0.39 is 0 Å². The second-order valence-electron chi connectivity index (χ2n) is 4.52. The Balaban J connectivity index is 1.81. The third kappa shape index (κ3) is 3.90. The molecule has 94 valence electrons. The molecule has 0 aliphatic heterocycles. The van der Waals surface area contributed by atoms with Gasteiger partial charge in [-0.3, -0.25) is 0 Å². The van der Waals surface area contributed by atoms with Gasteiger partial charge in [0.2, 0.25) is 0 Å². The van der Waals surface area contributed by atoms with Gasteiger partial charge in [0.15, 0.2) is 0 Å². The van der Waals surface area contributed by atoms with Crippen LogP contribution in [-0.2, 0) is 5.75 Å². The van der Waals surface area contributed by atoms with E-state index in [4.69, 9.17) is 5.73 Å². The van der Waals surface area contributed by atoms with Crippen molar-refractivity contribution in [3.63, 3.8) is 0 Å². The molecule has 0 fully saturated rings. The predicted octanol–water partition coefficient (Wildman–Crippen LogP) is 3.93. The van der Waals surface area contributed by atoms with E-state index in [1.165, 1.54) is 16.7 Å². The van der Waals surface area contributed by atoms with Crippen molar-refractivity contribution < 1.29 is 0 Å². The fourth-order valence-electron chi connectivity index (χ4n) is 1.79. The molecule has 2 rings (SSSR count). The molecule has 0 bridgehead atoms. The van der Waals surface area contributed by atoms with Crippen LogP contribution in [0.15, 0.2) is 54.6 Å². The molecule has 0 aliphatic rings. The lowest BCUT2D eigenvalue weighted by molar-refractivity contribution is 0.830. The van der Waals surface area contributed by atoms with E-state index in [-0.39, 0.29) is 6.04 Å². The van der Waals surface area contributed by atoms with E-state index in [0.29, 0.717) is 0 Å². The molecule has 0 spiro atoms. The Bertz CT molecular complexity index is 464. The molecule has 2 heteroatoms. The Morgan fingerprint density at radius 1 is 1.00 bits per heavy atom. The summed E-state index contributed by atoms with van der Waals surface area (Å²) in [5.74, 6) is 1.98. The first-order valence-electron chi connectivity index (χ1n) is 6.19. The minimum absolute atomic E-state index is 0.124. The van der Waals surface area contributed by atoms with Crippen LogP contribution in [0, 0.1) is 6.92 Å². The molecule has 0 amide bonds. The first-order chi connectivity index (χ1) is 8.75. The number of thioether (sulfide) groups is 1. The maximum Gasteiger partial charge on any atom is 0.0386 e.